The van der Waals surface area contributed by atoms with Gasteiger partial charge in [-0.1, -0.05) is 43.1 Å². The first kappa shape index (κ1) is 19.3. The first-order chi connectivity index (χ1) is 11.8. The van der Waals surface area contributed by atoms with Crippen LogP contribution < -0.4 is 10.0 Å². The molecule has 7 heteroatoms. The maximum atomic E-state index is 12.4. The van der Waals surface area contributed by atoms with E-state index in [0.29, 0.717) is 0 Å². The molecule has 0 radical (unpaired) electrons. The van der Waals surface area contributed by atoms with E-state index in [4.69, 9.17) is 11.6 Å². The van der Waals surface area contributed by atoms with Gasteiger partial charge in [-0.15, -0.1) is 0 Å². The van der Waals surface area contributed by atoms with Crippen molar-refractivity contribution in [2.24, 2.45) is 0 Å². The molecule has 0 fully saturated rings. The van der Waals surface area contributed by atoms with Gasteiger partial charge in [0.2, 0.25) is 0 Å². The molecular weight excluding hydrogens is 360 g/mol. The molecule has 25 heavy (non-hydrogen) atoms. The highest BCUT2D eigenvalue weighted by molar-refractivity contribution is 7.92. The van der Waals surface area contributed by atoms with Crippen LogP contribution in [0.4, 0.5) is 5.69 Å². The van der Waals surface area contributed by atoms with Crippen molar-refractivity contribution in [1.82, 2.24) is 5.32 Å². The Morgan fingerprint density at radius 3 is 2.48 bits per heavy atom. The number of nitrogens with one attached hydrogen (secondary N) is 2. The number of halogens is 1. The normalized spacial score (nSPS) is 12.4. The predicted octanol–water partition coefficient (Wildman–Crippen LogP) is 4.06. The summed E-state index contributed by atoms with van der Waals surface area (Å²) in [6.45, 7) is 3.95. The molecule has 0 bridgehead atoms. The number of anilines is 1. The third-order valence-electron chi connectivity index (χ3n) is 3.62. The number of benzene rings is 2. The van der Waals surface area contributed by atoms with E-state index in [0.717, 1.165) is 12.8 Å². The predicted molar refractivity (Wildman–Crippen MR) is 101 cm³/mol. The second-order valence-electron chi connectivity index (χ2n) is 5.78. The van der Waals surface area contributed by atoms with Gasteiger partial charge in [0.15, 0.2) is 0 Å². The first-order valence-electron chi connectivity index (χ1n) is 8.01. The van der Waals surface area contributed by atoms with Crippen LogP contribution in [0.2, 0.25) is 5.02 Å². The Morgan fingerprint density at radius 2 is 1.84 bits per heavy atom. The van der Waals surface area contributed by atoms with Crippen LogP contribution in [0.25, 0.3) is 0 Å². The topological polar surface area (TPSA) is 75.3 Å². The highest BCUT2D eigenvalue weighted by Crippen LogP contribution is 2.23. The Morgan fingerprint density at radius 1 is 1.16 bits per heavy atom. The Hall–Kier alpha value is -2.05. The average molecular weight is 381 g/mol. The van der Waals surface area contributed by atoms with Crippen LogP contribution in [0.15, 0.2) is 53.4 Å². The number of carbonyl (C=O) groups is 1. The van der Waals surface area contributed by atoms with Crippen LogP contribution >= 0.6 is 11.6 Å². The van der Waals surface area contributed by atoms with Crippen molar-refractivity contribution in [3.63, 3.8) is 0 Å². The SMILES string of the molecule is CCC[C@@H](C)NC(=O)c1cc(NS(=O)(=O)c2ccccc2)ccc1Cl. The summed E-state index contributed by atoms with van der Waals surface area (Å²) in [6.07, 6.45) is 1.80. The number of rotatable bonds is 7. The fourth-order valence-electron chi connectivity index (χ4n) is 2.38. The summed E-state index contributed by atoms with van der Waals surface area (Å²) in [4.78, 5) is 12.5. The largest absolute Gasteiger partial charge is 0.350 e. The molecular formula is C18H21ClN2O3S. The summed E-state index contributed by atoms with van der Waals surface area (Å²) in [5.74, 6) is -0.327. The summed E-state index contributed by atoms with van der Waals surface area (Å²) in [6, 6.07) is 12.5. The van der Waals surface area contributed by atoms with Crippen molar-refractivity contribution in [2.45, 2.75) is 37.6 Å². The molecule has 0 saturated heterocycles. The lowest BCUT2D eigenvalue weighted by molar-refractivity contribution is 0.0938. The van der Waals surface area contributed by atoms with E-state index in [2.05, 4.69) is 10.0 Å². The van der Waals surface area contributed by atoms with Crippen LogP contribution in [0.5, 0.6) is 0 Å². The minimum atomic E-state index is -3.73. The molecule has 2 rings (SSSR count). The molecule has 0 aliphatic carbocycles. The molecule has 0 saturated carbocycles. The van der Waals surface area contributed by atoms with Gasteiger partial charge in [-0.3, -0.25) is 9.52 Å². The Bertz CT molecular complexity index is 839. The molecule has 0 aliphatic rings. The summed E-state index contributed by atoms with van der Waals surface area (Å²) in [7, 11) is -3.73. The van der Waals surface area contributed by atoms with Crippen molar-refractivity contribution < 1.29 is 13.2 Å². The van der Waals surface area contributed by atoms with E-state index in [9.17, 15) is 13.2 Å². The van der Waals surface area contributed by atoms with Crippen molar-refractivity contribution in [3.05, 3.63) is 59.1 Å². The van der Waals surface area contributed by atoms with Crippen molar-refractivity contribution in [3.8, 4) is 0 Å². The van der Waals surface area contributed by atoms with E-state index >= 15 is 0 Å². The highest BCUT2D eigenvalue weighted by atomic mass is 35.5. The fourth-order valence-corrected chi connectivity index (χ4v) is 3.66. The molecule has 0 aliphatic heterocycles. The van der Waals surface area contributed by atoms with E-state index in [-0.39, 0.29) is 33.1 Å². The molecule has 0 spiro atoms. The van der Waals surface area contributed by atoms with Gasteiger partial charge in [-0.2, -0.15) is 0 Å². The molecule has 2 aromatic carbocycles. The van der Waals surface area contributed by atoms with Gasteiger partial charge < -0.3 is 5.32 Å². The molecule has 134 valence electrons. The Balaban J connectivity index is 2.23. The first-order valence-corrected chi connectivity index (χ1v) is 9.88. The summed E-state index contributed by atoms with van der Waals surface area (Å²) < 4.78 is 27.2. The van der Waals surface area contributed by atoms with Crippen LogP contribution in [0, 0.1) is 0 Å². The number of carbonyl (C=O) groups excluding carboxylic acids is 1. The second kappa shape index (κ2) is 8.36. The minimum absolute atomic E-state index is 0.0123. The van der Waals surface area contributed by atoms with Crippen LogP contribution in [-0.2, 0) is 10.0 Å². The molecule has 1 amide bonds. The number of hydrogen-bond donors (Lipinski definition) is 2. The average Bonchev–Trinajstić information content (AvgIpc) is 2.57. The summed E-state index contributed by atoms with van der Waals surface area (Å²) >= 11 is 6.10. The molecule has 2 N–H and O–H groups in total. The standard InChI is InChI=1S/C18H21ClN2O3S/c1-3-7-13(2)20-18(22)16-12-14(10-11-17(16)19)21-25(23,24)15-8-5-4-6-9-15/h4-6,8-13,21H,3,7H2,1-2H3,(H,20,22)/t13-/m1/s1. The second-order valence-corrected chi connectivity index (χ2v) is 7.87. The quantitative estimate of drug-likeness (QED) is 0.760. The molecule has 1 atom stereocenters. The third-order valence-corrected chi connectivity index (χ3v) is 5.34. The fraction of sp³-hybridized carbons (Fsp3) is 0.278. The van der Waals surface area contributed by atoms with Gasteiger partial charge in [0, 0.05) is 11.7 Å². The smallest absolute Gasteiger partial charge is 0.261 e. The third kappa shape index (κ3) is 5.21. The van der Waals surface area contributed by atoms with Crippen molar-refractivity contribution in [1.29, 1.82) is 0 Å². The Labute approximate surface area is 153 Å². The molecule has 5 nitrogen and oxygen atoms in total. The Kier molecular flexibility index (Phi) is 6.45. The zero-order valence-corrected chi connectivity index (χ0v) is 15.7. The maximum absolute atomic E-state index is 12.4. The van der Waals surface area contributed by atoms with Crippen LogP contribution in [0.3, 0.4) is 0 Å². The zero-order valence-electron chi connectivity index (χ0n) is 14.1. The lowest BCUT2D eigenvalue weighted by atomic mass is 10.1. The van der Waals surface area contributed by atoms with E-state index < -0.39 is 10.0 Å². The van der Waals surface area contributed by atoms with Crippen LogP contribution in [0.1, 0.15) is 37.0 Å². The van der Waals surface area contributed by atoms with Crippen molar-refractivity contribution in [2.75, 3.05) is 4.72 Å². The summed E-state index contributed by atoms with van der Waals surface area (Å²) in [5.41, 5.74) is 0.513. The molecule has 0 unspecified atom stereocenters. The molecule has 2 aromatic rings. The van der Waals surface area contributed by atoms with E-state index in [1.165, 1.54) is 30.3 Å². The van der Waals surface area contributed by atoms with Gasteiger partial charge in [-0.25, -0.2) is 8.42 Å². The highest BCUT2D eigenvalue weighted by Gasteiger charge is 2.17. The number of hydrogen-bond acceptors (Lipinski definition) is 3. The minimum Gasteiger partial charge on any atom is -0.350 e. The van der Waals surface area contributed by atoms with E-state index in [1.807, 2.05) is 13.8 Å². The van der Waals surface area contributed by atoms with Gasteiger partial charge in [0.1, 0.15) is 0 Å². The molecule has 0 aromatic heterocycles. The molecule has 0 heterocycles. The number of sulfonamides is 1. The lowest BCUT2D eigenvalue weighted by Crippen LogP contribution is -2.32. The van der Waals surface area contributed by atoms with Crippen LogP contribution in [-0.4, -0.2) is 20.4 Å². The summed E-state index contributed by atoms with van der Waals surface area (Å²) in [5, 5.41) is 3.13. The van der Waals surface area contributed by atoms with Crippen molar-refractivity contribution >= 4 is 33.2 Å². The van der Waals surface area contributed by atoms with Gasteiger partial charge in [0.25, 0.3) is 15.9 Å². The van der Waals surface area contributed by atoms with Gasteiger partial charge >= 0.3 is 0 Å². The van der Waals surface area contributed by atoms with Gasteiger partial charge in [0.05, 0.1) is 15.5 Å². The number of amides is 1. The monoisotopic (exact) mass is 380 g/mol. The van der Waals surface area contributed by atoms with E-state index in [1.54, 1.807) is 18.2 Å². The zero-order chi connectivity index (χ0) is 18.4. The maximum Gasteiger partial charge on any atom is 0.261 e. The lowest BCUT2D eigenvalue weighted by Gasteiger charge is -2.15. The van der Waals surface area contributed by atoms with Gasteiger partial charge in [-0.05, 0) is 43.7 Å².